The van der Waals surface area contributed by atoms with Gasteiger partial charge in [-0.3, -0.25) is 4.79 Å². The van der Waals surface area contributed by atoms with Crippen LogP contribution in [0.25, 0.3) is 0 Å². The SMILES string of the molecule is CCCC(=O)c1c(O)cc(C)c(Br)c1C. The van der Waals surface area contributed by atoms with Crippen LogP contribution in [0.4, 0.5) is 0 Å². The molecule has 0 radical (unpaired) electrons. The minimum Gasteiger partial charge on any atom is -0.507 e. The van der Waals surface area contributed by atoms with Crippen LogP contribution in [0.1, 0.15) is 41.3 Å². The summed E-state index contributed by atoms with van der Waals surface area (Å²) in [7, 11) is 0. The number of Topliss-reactive ketones (excluding diaryl/α,β-unsaturated/α-hetero) is 1. The predicted molar refractivity (Wildman–Crippen MR) is 64.5 cm³/mol. The standard InChI is InChI=1S/C12H15BrO2/c1-4-5-9(14)11-8(3)12(13)7(2)6-10(11)15/h6,15H,4-5H2,1-3H3. The number of ketones is 1. The van der Waals surface area contributed by atoms with E-state index < -0.39 is 0 Å². The number of carbonyl (C=O) groups excluding carboxylic acids is 1. The molecule has 0 aliphatic heterocycles. The molecule has 0 fully saturated rings. The second-order valence-corrected chi connectivity index (χ2v) is 4.49. The zero-order valence-corrected chi connectivity index (χ0v) is 10.8. The van der Waals surface area contributed by atoms with Crippen LogP contribution in [0.15, 0.2) is 10.5 Å². The lowest BCUT2D eigenvalue weighted by Gasteiger charge is -2.11. The fourth-order valence-electron chi connectivity index (χ4n) is 1.64. The van der Waals surface area contributed by atoms with E-state index in [9.17, 15) is 9.90 Å². The maximum absolute atomic E-state index is 11.8. The van der Waals surface area contributed by atoms with E-state index in [-0.39, 0.29) is 11.5 Å². The molecule has 0 amide bonds. The second-order valence-electron chi connectivity index (χ2n) is 3.70. The molecular weight excluding hydrogens is 256 g/mol. The Bertz CT molecular complexity index is 397. The van der Waals surface area contributed by atoms with Crippen molar-refractivity contribution >= 4 is 21.7 Å². The van der Waals surface area contributed by atoms with Crippen molar-refractivity contribution in [1.82, 2.24) is 0 Å². The van der Waals surface area contributed by atoms with Gasteiger partial charge in [0.2, 0.25) is 0 Å². The summed E-state index contributed by atoms with van der Waals surface area (Å²) in [6.45, 7) is 5.69. The highest BCUT2D eigenvalue weighted by Gasteiger charge is 2.16. The average molecular weight is 271 g/mol. The summed E-state index contributed by atoms with van der Waals surface area (Å²) in [5.41, 5.74) is 2.22. The normalized spacial score (nSPS) is 10.4. The van der Waals surface area contributed by atoms with Gasteiger partial charge in [0.25, 0.3) is 0 Å². The quantitative estimate of drug-likeness (QED) is 0.850. The molecule has 0 heterocycles. The molecule has 0 aliphatic rings. The van der Waals surface area contributed by atoms with Crippen molar-refractivity contribution < 1.29 is 9.90 Å². The number of rotatable bonds is 3. The molecule has 0 aromatic heterocycles. The van der Waals surface area contributed by atoms with Crippen LogP contribution >= 0.6 is 15.9 Å². The Morgan fingerprint density at radius 3 is 2.60 bits per heavy atom. The van der Waals surface area contributed by atoms with Gasteiger partial charge in [-0.1, -0.05) is 22.9 Å². The first-order valence-electron chi connectivity index (χ1n) is 5.00. The number of aryl methyl sites for hydroxylation is 1. The third kappa shape index (κ3) is 2.40. The second kappa shape index (κ2) is 4.79. The molecular formula is C12H15BrO2. The van der Waals surface area contributed by atoms with Crippen molar-refractivity contribution in [2.75, 3.05) is 0 Å². The summed E-state index contributed by atoms with van der Waals surface area (Å²) in [6, 6.07) is 1.62. The Morgan fingerprint density at radius 2 is 2.07 bits per heavy atom. The maximum Gasteiger partial charge on any atom is 0.166 e. The molecule has 1 rings (SSSR count). The number of carbonyl (C=O) groups is 1. The van der Waals surface area contributed by atoms with Gasteiger partial charge in [-0.25, -0.2) is 0 Å². The molecule has 0 bridgehead atoms. The lowest BCUT2D eigenvalue weighted by atomic mass is 9.98. The van der Waals surface area contributed by atoms with E-state index in [0.29, 0.717) is 12.0 Å². The minimum absolute atomic E-state index is 0.00759. The van der Waals surface area contributed by atoms with Gasteiger partial charge >= 0.3 is 0 Å². The predicted octanol–water partition coefficient (Wildman–Crippen LogP) is 3.75. The third-order valence-electron chi connectivity index (χ3n) is 2.42. The van der Waals surface area contributed by atoms with E-state index in [1.807, 2.05) is 20.8 Å². The van der Waals surface area contributed by atoms with Crippen LogP contribution < -0.4 is 0 Å². The number of halogens is 1. The molecule has 2 nitrogen and oxygen atoms in total. The average Bonchev–Trinajstić information content (AvgIpc) is 2.15. The molecule has 0 saturated heterocycles. The van der Waals surface area contributed by atoms with Crippen LogP contribution in [-0.2, 0) is 0 Å². The van der Waals surface area contributed by atoms with E-state index in [1.165, 1.54) is 0 Å². The molecule has 1 aromatic carbocycles. The number of hydrogen-bond donors (Lipinski definition) is 1. The smallest absolute Gasteiger partial charge is 0.166 e. The first-order chi connectivity index (χ1) is 6.99. The Morgan fingerprint density at radius 1 is 1.47 bits per heavy atom. The first kappa shape index (κ1) is 12.2. The summed E-state index contributed by atoms with van der Waals surface area (Å²) in [5, 5.41) is 9.75. The summed E-state index contributed by atoms with van der Waals surface area (Å²) in [5.74, 6) is 0.0971. The third-order valence-corrected chi connectivity index (χ3v) is 3.64. The van der Waals surface area contributed by atoms with Gasteiger partial charge in [0.1, 0.15) is 5.75 Å². The van der Waals surface area contributed by atoms with Gasteiger partial charge < -0.3 is 5.11 Å². The molecule has 3 heteroatoms. The fraction of sp³-hybridized carbons (Fsp3) is 0.417. The van der Waals surface area contributed by atoms with Crippen LogP contribution in [0.3, 0.4) is 0 Å². The van der Waals surface area contributed by atoms with Crippen LogP contribution in [0, 0.1) is 13.8 Å². The van der Waals surface area contributed by atoms with Gasteiger partial charge in [0.05, 0.1) is 5.56 Å². The zero-order valence-electron chi connectivity index (χ0n) is 9.22. The molecule has 82 valence electrons. The van der Waals surface area contributed by atoms with E-state index in [4.69, 9.17) is 0 Å². The number of benzene rings is 1. The van der Waals surface area contributed by atoms with Gasteiger partial charge in [-0.2, -0.15) is 0 Å². The van der Waals surface area contributed by atoms with Gasteiger partial charge in [0, 0.05) is 10.9 Å². The van der Waals surface area contributed by atoms with Gasteiger partial charge in [-0.15, -0.1) is 0 Å². The fourth-order valence-corrected chi connectivity index (χ4v) is 1.95. The van der Waals surface area contributed by atoms with Crippen molar-refractivity contribution in [2.45, 2.75) is 33.6 Å². The highest BCUT2D eigenvalue weighted by molar-refractivity contribution is 9.10. The molecule has 15 heavy (non-hydrogen) atoms. The Kier molecular flexibility index (Phi) is 3.91. The monoisotopic (exact) mass is 270 g/mol. The van der Waals surface area contributed by atoms with Crippen LogP contribution in [0.5, 0.6) is 5.75 Å². The lowest BCUT2D eigenvalue weighted by Crippen LogP contribution is -2.03. The summed E-state index contributed by atoms with van der Waals surface area (Å²) >= 11 is 3.42. The molecule has 1 aromatic rings. The highest BCUT2D eigenvalue weighted by Crippen LogP contribution is 2.32. The zero-order chi connectivity index (χ0) is 11.6. The van der Waals surface area contributed by atoms with Crippen molar-refractivity contribution in [3.05, 3.63) is 27.2 Å². The lowest BCUT2D eigenvalue weighted by molar-refractivity contribution is 0.0978. The largest absolute Gasteiger partial charge is 0.507 e. The Labute approximate surface area is 98.4 Å². The Balaban J connectivity index is 3.29. The maximum atomic E-state index is 11.8. The minimum atomic E-state index is 0.00759. The molecule has 0 unspecified atom stereocenters. The summed E-state index contributed by atoms with van der Waals surface area (Å²) in [6.07, 6.45) is 1.27. The number of phenols is 1. The highest BCUT2D eigenvalue weighted by atomic mass is 79.9. The van der Waals surface area contributed by atoms with Gasteiger partial charge in [-0.05, 0) is 37.5 Å². The molecule has 0 aliphatic carbocycles. The number of aromatic hydroxyl groups is 1. The van der Waals surface area contributed by atoms with Crippen molar-refractivity contribution in [1.29, 1.82) is 0 Å². The van der Waals surface area contributed by atoms with Crippen molar-refractivity contribution in [3.8, 4) is 5.75 Å². The van der Waals surface area contributed by atoms with E-state index in [0.717, 1.165) is 22.0 Å². The van der Waals surface area contributed by atoms with E-state index in [1.54, 1.807) is 6.07 Å². The molecule has 0 spiro atoms. The Hall–Kier alpha value is -0.830. The number of phenolic OH excluding ortho intramolecular Hbond substituents is 1. The molecule has 0 saturated carbocycles. The van der Waals surface area contributed by atoms with Crippen LogP contribution in [-0.4, -0.2) is 10.9 Å². The van der Waals surface area contributed by atoms with E-state index >= 15 is 0 Å². The first-order valence-corrected chi connectivity index (χ1v) is 5.80. The van der Waals surface area contributed by atoms with Crippen molar-refractivity contribution in [2.24, 2.45) is 0 Å². The van der Waals surface area contributed by atoms with E-state index in [2.05, 4.69) is 15.9 Å². The van der Waals surface area contributed by atoms with Crippen LogP contribution in [0.2, 0.25) is 0 Å². The summed E-state index contributed by atoms with van der Waals surface area (Å²) in [4.78, 5) is 11.8. The molecule has 1 N–H and O–H groups in total. The van der Waals surface area contributed by atoms with Crippen molar-refractivity contribution in [3.63, 3.8) is 0 Å². The summed E-state index contributed by atoms with van der Waals surface area (Å²) < 4.78 is 0.903. The number of hydrogen-bond acceptors (Lipinski definition) is 2. The van der Waals surface area contributed by atoms with Gasteiger partial charge in [0.15, 0.2) is 5.78 Å². The molecule has 0 atom stereocenters. The topological polar surface area (TPSA) is 37.3 Å².